The second-order valence-corrected chi connectivity index (χ2v) is 3.35. The molecule has 1 aliphatic rings. The maximum atomic E-state index is 12.7. The first kappa shape index (κ1) is 10.4. The first-order valence-electron chi connectivity index (χ1n) is 4.10. The van der Waals surface area contributed by atoms with Crippen LogP contribution in [0.5, 0.6) is 0 Å². The molecule has 0 amide bonds. The SMILES string of the molecule is COC(C(=O)O)C1CCC(F)(F)C1. The third-order valence-electron chi connectivity index (χ3n) is 2.37. The van der Waals surface area contributed by atoms with E-state index in [4.69, 9.17) is 5.11 Å². The van der Waals surface area contributed by atoms with Gasteiger partial charge in [-0.3, -0.25) is 0 Å². The van der Waals surface area contributed by atoms with Gasteiger partial charge in [0.25, 0.3) is 0 Å². The number of alkyl halides is 2. The summed E-state index contributed by atoms with van der Waals surface area (Å²) < 4.78 is 30.1. The number of ether oxygens (including phenoxy) is 1. The molecule has 0 aliphatic heterocycles. The predicted octanol–water partition coefficient (Wildman–Crippen LogP) is 1.52. The molecule has 1 saturated carbocycles. The third kappa shape index (κ3) is 2.37. The number of hydrogen-bond donors (Lipinski definition) is 1. The number of halogens is 2. The molecule has 0 radical (unpaired) electrons. The zero-order chi connectivity index (χ0) is 10.1. The normalized spacial score (nSPS) is 28.7. The van der Waals surface area contributed by atoms with Gasteiger partial charge in [-0.2, -0.15) is 0 Å². The lowest BCUT2D eigenvalue weighted by atomic mass is 10.0. The first-order valence-corrected chi connectivity index (χ1v) is 4.10. The summed E-state index contributed by atoms with van der Waals surface area (Å²) in [4.78, 5) is 10.6. The fourth-order valence-electron chi connectivity index (χ4n) is 1.74. The molecule has 1 rings (SSSR count). The average Bonchev–Trinajstić information content (AvgIpc) is 2.31. The van der Waals surface area contributed by atoms with Crippen LogP contribution in [0.15, 0.2) is 0 Å². The van der Waals surface area contributed by atoms with Crippen molar-refractivity contribution >= 4 is 5.97 Å². The summed E-state index contributed by atoms with van der Waals surface area (Å²) in [7, 11) is 1.23. The molecule has 1 fully saturated rings. The van der Waals surface area contributed by atoms with Crippen LogP contribution in [-0.4, -0.2) is 30.2 Å². The first-order chi connectivity index (χ1) is 5.96. The molecule has 2 unspecified atom stereocenters. The Bertz CT molecular complexity index is 206. The van der Waals surface area contributed by atoms with Crippen molar-refractivity contribution in [2.24, 2.45) is 5.92 Å². The van der Waals surface area contributed by atoms with Crippen molar-refractivity contribution in [3.8, 4) is 0 Å². The topological polar surface area (TPSA) is 46.5 Å². The molecular weight excluding hydrogens is 182 g/mol. The average molecular weight is 194 g/mol. The Morgan fingerprint density at radius 2 is 2.31 bits per heavy atom. The van der Waals surface area contributed by atoms with E-state index in [0.717, 1.165) is 0 Å². The minimum atomic E-state index is -2.71. The van der Waals surface area contributed by atoms with Crippen molar-refractivity contribution in [2.75, 3.05) is 7.11 Å². The van der Waals surface area contributed by atoms with E-state index in [-0.39, 0.29) is 19.3 Å². The molecule has 1 N–H and O–H groups in total. The highest BCUT2D eigenvalue weighted by atomic mass is 19.3. The monoisotopic (exact) mass is 194 g/mol. The second-order valence-electron chi connectivity index (χ2n) is 3.35. The Balaban J connectivity index is 2.58. The number of rotatable bonds is 3. The maximum absolute atomic E-state index is 12.7. The second kappa shape index (κ2) is 3.57. The van der Waals surface area contributed by atoms with Crippen LogP contribution in [-0.2, 0) is 9.53 Å². The van der Waals surface area contributed by atoms with Crippen molar-refractivity contribution < 1.29 is 23.4 Å². The molecule has 13 heavy (non-hydrogen) atoms. The summed E-state index contributed by atoms with van der Waals surface area (Å²) >= 11 is 0. The summed E-state index contributed by atoms with van der Waals surface area (Å²) in [5.74, 6) is -4.43. The number of methoxy groups -OCH3 is 1. The van der Waals surface area contributed by atoms with E-state index in [9.17, 15) is 13.6 Å². The molecule has 0 heterocycles. The summed E-state index contributed by atoms with van der Waals surface area (Å²) in [5.41, 5.74) is 0. The van der Waals surface area contributed by atoms with Crippen LogP contribution in [0, 0.1) is 5.92 Å². The van der Waals surface area contributed by atoms with E-state index in [1.807, 2.05) is 0 Å². The van der Waals surface area contributed by atoms with Gasteiger partial charge in [0.15, 0.2) is 6.10 Å². The molecular formula is C8H12F2O3. The highest BCUT2D eigenvalue weighted by Gasteiger charge is 2.44. The van der Waals surface area contributed by atoms with Gasteiger partial charge >= 0.3 is 5.97 Å². The summed E-state index contributed by atoms with van der Waals surface area (Å²) in [6, 6.07) is 0. The molecule has 0 spiro atoms. The highest BCUT2D eigenvalue weighted by Crippen LogP contribution is 2.40. The van der Waals surface area contributed by atoms with E-state index in [1.165, 1.54) is 7.11 Å². The quantitative estimate of drug-likeness (QED) is 0.740. The summed E-state index contributed by atoms with van der Waals surface area (Å²) in [5, 5.41) is 8.63. The molecule has 76 valence electrons. The van der Waals surface area contributed by atoms with E-state index in [0.29, 0.717) is 0 Å². The van der Waals surface area contributed by atoms with Crippen LogP contribution in [0.1, 0.15) is 19.3 Å². The van der Waals surface area contributed by atoms with E-state index in [1.54, 1.807) is 0 Å². The van der Waals surface area contributed by atoms with Gasteiger partial charge in [-0.05, 0) is 6.42 Å². The van der Waals surface area contributed by atoms with Gasteiger partial charge in [-0.15, -0.1) is 0 Å². The van der Waals surface area contributed by atoms with Crippen molar-refractivity contribution in [1.29, 1.82) is 0 Å². The van der Waals surface area contributed by atoms with E-state index < -0.39 is 23.9 Å². The van der Waals surface area contributed by atoms with Crippen molar-refractivity contribution in [2.45, 2.75) is 31.3 Å². The van der Waals surface area contributed by atoms with Gasteiger partial charge in [0.05, 0.1) is 0 Å². The van der Waals surface area contributed by atoms with Crippen LogP contribution in [0.4, 0.5) is 8.78 Å². The molecule has 2 atom stereocenters. The zero-order valence-electron chi connectivity index (χ0n) is 7.30. The van der Waals surface area contributed by atoms with Crippen LogP contribution >= 0.6 is 0 Å². The zero-order valence-corrected chi connectivity index (χ0v) is 7.30. The van der Waals surface area contributed by atoms with Gasteiger partial charge in [0, 0.05) is 25.9 Å². The number of carboxylic acids is 1. The fraction of sp³-hybridized carbons (Fsp3) is 0.875. The lowest BCUT2D eigenvalue weighted by molar-refractivity contribution is -0.152. The molecule has 3 nitrogen and oxygen atoms in total. The van der Waals surface area contributed by atoms with Crippen molar-refractivity contribution in [3.63, 3.8) is 0 Å². The molecule has 0 bridgehead atoms. The molecule has 0 aromatic carbocycles. The van der Waals surface area contributed by atoms with Gasteiger partial charge in [-0.1, -0.05) is 0 Å². The lowest BCUT2D eigenvalue weighted by Crippen LogP contribution is -2.30. The largest absolute Gasteiger partial charge is 0.479 e. The predicted molar refractivity (Wildman–Crippen MR) is 40.7 cm³/mol. The molecule has 0 aromatic rings. The summed E-state index contributed by atoms with van der Waals surface area (Å²) in [6.45, 7) is 0. The van der Waals surface area contributed by atoms with Gasteiger partial charge in [0.1, 0.15) is 0 Å². The Hall–Kier alpha value is -0.710. The van der Waals surface area contributed by atoms with Crippen LogP contribution in [0.2, 0.25) is 0 Å². The highest BCUT2D eigenvalue weighted by molar-refractivity contribution is 5.72. The number of carboxylic acid groups (broad SMARTS) is 1. The summed E-state index contributed by atoms with van der Waals surface area (Å²) in [6.07, 6.45) is -1.48. The number of hydrogen-bond acceptors (Lipinski definition) is 2. The van der Waals surface area contributed by atoms with Crippen LogP contribution < -0.4 is 0 Å². The smallest absolute Gasteiger partial charge is 0.333 e. The van der Waals surface area contributed by atoms with E-state index in [2.05, 4.69) is 4.74 Å². The van der Waals surface area contributed by atoms with Crippen LogP contribution in [0.3, 0.4) is 0 Å². The Morgan fingerprint density at radius 1 is 1.69 bits per heavy atom. The minimum Gasteiger partial charge on any atom is -0.479 e. The Labute approximate surface area is 74.7 Å². The standard InChI is InChI=1S/C8H12F2O3/c1-13-6(7(11)12)5-2-3-8(9,10)4-5/h5-6H,2-4H2,1H3,(H,11,12). The number of aliphatic carboxylic acids is 1. The van der Waals surface area contributed by atoms with Crippen molar-refractivity contribution in [3.05, 3.63) is 0 Å². The molecule has 0 saturated heterocycles. The molecule has 5 heteroatoms. The maximum Gasteiger partial charge on any atom is 0.333 e. The van der Waals surface area contributed by atoms with Gasteiger partial charge < -0.3 is 9.84 Å². The third-order valence-corrected chi connectivity index (χ3v) is 2.37. The van der Waals surface area contributed by atoms with Crippen LogP contribution in [0.25, 0.3) is 0 Å². The van der Waals surface area contributed by atoms with E-state index >= 15 is 0 Å². The molecule has 0 aromatic heterocycles. The number of carbonyl (C=O) groups is 1. The van der Waals surface area contributed by atoms with Crippen molar-refractivity contribution in [1.82, 2.24) is 0 Å². The van der Waals surface area contributed by atoms with Gasteiger partial charge in [-0.25, -0.2) is 13.6 Å². The minimum absolute atomic E-state index is 0.220. The van der Waals surface area contributed by atoms with Gasteiger partial charge in [0.2, 0.25) is 5.92 Å². The Kier molecular flexibility index (Phi) is 2.85. The lowest BCUT2D eigenvalue weighted by Gasteiger charge is -2.17. The molecule has 1 aliphatic carbocycles. The fourth-order valence-corrected chi connectivity index (χ4v) is 1.74. The Morgan fingerprint density at radius 3 is 2.62 bits per heavy atom.